The zero-order chi connectivity index (χ0) is 16.1. The molecular weight excluding hydrogens is 348 g/mol. The molecule has 0 spiro atoms. The van der Waals surface area contributed by atoms with Crippen molar-refractivity contribution in [1.82, 2.24) is 5.32 Å². The molecule has 120 valence electrons. The first kappa shape index (κ1) is 17.0. The molecule has 22 heavy (non-hydrogen) atoms. The number of ether oxygens (including phenoxy) is 1. The summed E-state index contributed by atoms with van der Waals surface area (Å²) in [5.41, 5.74) is 0.821. The molecule has 1 heterocycles. The summed E-state index contributed by atoms with van der Waals surface area (Å²) in [5.74, 6) is -0.367. The summed E-state index contributed by atoms with van der Waals surface area (Å²) in [5, 5.41) is 2.95. The van der Waals surface area contributed by atoms with Crippen LogP contribution in [0.3, 0.4) is 0 Å². The molecule has 0 saturated carbocycles. The van der Waals surface area contributed by atoms with Gasteiger partial charge in [0.05, 0.1) is 5.92 Å². The predicted octanol–water partition coefficient (Wildman–Crippen LogP) is 2.34. The lowest BCUT2D eigenvalue weighted by Crippen LogP contribution is -2.38. The Morgan fingerprint density at radius 3 is 3.00 bits per heavy atom. The third-order valence-electron chi connectivity index (χ3n) is 3.76. The first-order valence-corrected chi connectivity index (χ1v) is 8.15. The topological polar surface area (TPSA) is 58.6 Å². The lowest BCUT2D eigenvalue weighted by molar-refractivity contribution is -0.126. The maximum absolute atomic E-state index is 12.3. The van der Waals surface area contributed by atoms with Gasteiger partial charge in [0, 0.05) is 42.9 Å². The fourth-order valence-electron chi connectivity index (χ4n) is 2.50. The van der Waals surface area contributed by atoms with Gasteiger partial charge >= 0.3 is 0 Å². The average Bonchev–Trinajstić information content (AvgIpc) is 2.87. The number of carbonyl (C=O) groups is 2. The minimum atomic E-state index is -0.295. The number of carbonyl (C=O) groups excluding carboxylic acids is 2. The smallest absolute Gasteiger partial charge is 0.227 e. The van der Waals surface area contributed by atoms with Gasteiger partial charge in [-0.1, -0.05) is 22.0 Å². The van der Waals surface area contributed by atoms with Crippen molar-refractivity contribution in [3.8, 4) is 0 Å². The SMILES string of the molecule is COCCC(C)NC(=O)C1CC(=O)N(c2cccc(Br)c2)C1. The first-order valence-electron chi connectivity index (χ1n) is 7.36. The Kier molecular flexibility index (Phi) is 5.97. The first-order chi connectivity index (χ1) is 10.5. The van der Waals surface area contributed by atoms with Crippen molar-refractivity contribution < 1.29 is 14.3 Å². The molecule has 0 aliphatic carbocycles. The summed E-state index contributed by atoms with van der Waals surface area (Å²) in [7, 11) is 1.64. The van der Waals surface area contributed by atoms with Crippen LogP contribution >= 0.6 is 15.9 Å². The lowest BCUT2D eigenvalue weighted by Gasteiger charge is -2.18. The van der Waals surface area contributed by atoms with E-state index in [1.54, 1.807) is 12.0 Å². The molecule has 6 heteroatoms. The Balaban J connectivity index is 1.95. The van der Waals surface area contributed by atoms with Crippen LogP contribution in [-0.4, -0.2) is 38.1 Å². The van der Waals surface area contributed by atoms with Gasteiger partial charge in [-0.3, -0.25) is 9.59 Å². The van der Waals surface area contributed by atoms with Gasteiger partial charge in [-0.05, 0) is 31.5 Å². The summed E-state index contributed by atoms with van der Waals surface area (Å²) in [6.45, 7) is 2.98. The van der Waals surface area contributed by atoms with Crippen LogP contribution < -0.4 is 10.2 Å². The summed E-state index contributed by atoms with van der Waals surface area (Å²) >= 11 is 3.40. The summed E-state index contributed by atoms with van der Waals surface area (Å²) in [6.07, 6.45) is 1.02. The van der Waals surface area contributed by atoms with E-state index in [0.717, 1.165) is 16.6 Å². The van der Waals surface area contributed by atoms with Gasteiger partial charge in [0.1, 0.15) is 0 Å². The Hall–Kier alpha value is -1.40. The van der Waals surface area contributed by atoms with Crippen LogP contribution in [0.4, 0.5) is 5.69 Å². The number of rotatable bonds is 6. The van der Waals surface area contributed by atoms with E-state index in [-0.39, 0.29) is 30.2 Å². The van der Waals surface area contributed by atoms with E-state index in [0.29, 0.717) is 13.2 Å². The van der Waals surface area contributed by atoms with E-state index in [2.05, 4.69) is 21.2 Å². The molecule has 1 saturated heterocycles. The van der Waals surface area contributed by atoms with E-state index in [4.69, 9.17) is 4.74 Å². The highest BCUT2D eigenvalue weighted by molar-refractivity contribution is 9.10. The maximum atomic E-state index is 12.3. The highest BCUT2D eigenvalue weighted by atomic mass is 79.9. The molecule has 1 N–H and O–H groups in total. The van der Waals surface area contributed by atoms with Gasteiger partial charge in [0.15, 0.2) is 0 Å². The van der Waals surface area contributed by atoms with Crippen LogP contribution in [0.1, 0.15) is 19.8 Å². The summed E-state index contributed by atoms with van der Waals surface area (Å²) in [4.78, 5) is 26.1. The largest absolute Gasteiger partial charge is 0.385 e. The zero-order valence-corrected chi connectivity index (χ0v) is 14.4. The van der Waals surface area contributed by atoms with Crippen molar-refractivity contribution in [3.05, 3.63) is 28.7 Å². The monoisotopic (exact) mass is 368 g/mol. The Morgan fingerprint density at radius 2 is 2.32 bits per heavy atom. The van der Waals surface area contributed by atoms with Crippen molar-refractivity contribution in [3.63, 3.8) is 0 Å². The van der Waals surface area contributed by atoms with E-state index >= 15 is 0 Å². The lowest BCUT2D eigenvalue weighted by atomic mass is 10.1. The van der Waals surface area contributed by atoms with E-state index in [9.17, 15) is 9.59 Å². The van der Waals surface area contributed by atoms with E-state index in [1.165, 1.54) is 0 Å². The maximum Gasteiger partial charge on any atom is 0.227 e. The molecule has 1 fully saturated rings. The predicted molar refractivity (Wildman–Crippen MR) is 88.7 cm³/mol. The summed E-state index contributed by atoms with van der Waals surface area (Å²) < 4.78 is 5.92. The molecule has 0 bridgehead atoms. The molecule has 2 amide bonds. The molecule has 2 atom stereocenters. The van der Waals surface area contributed by atoms with Crippen LogP contribution in [0.5, 0.6) is 0 Å². The highest BCUT2D eigenvalue weighted by Crippen LogP contribution is 2.27. The molecule has 1 aromatic rings. The van der Waals surface area contributed by atoms with Crippen LogP contribution in [0.15, 0.2) is 28.7 Å². The highest BCUT2D eigenvalue weighted by Gasteiger charge is 2.35. The number of hydrogen-bond acceptors (Lipinski definition) is 3. The molecule has 5 nitrogen and oxygen atoms in total. The Morgan fingerprint density at radius 1 is 1.55 bits per heavy atom. The molecule has 0 aromatic heterocycles. The third-order valence-corrected chi connectivity index (χ3v) is 4.25. The molecular formula is C16H21BrN2O3. The number of nitrogens with one attached hydrogen (secondary N) is 1. The van der Waals surface area contributed by atoms with Gasteiger partial charge in [-0.15, -0.1) is 0 Å². The number of benzene rings is 1. The standard InChI is InChI=1S/C16H21BrN2O3/c1-11(6-7-22-2)18-16(21)12-8-15(20)19(10-12)14-5-3-4-13(17)9-14/h3-5,9,11-12H,6-8,10H2,1-2H3,(H,18,21). The second-order valence-electron chi connectivity index (χ2n) is 5.58. The van der Waals surface area contributed by atoms with Crippen molar-refractivity contribution in [2.24, 2.45) is 5.92 Å². The number of nitrogens with zero attached hydrogens (tertiary/aromatic N) is 1. The molecule has 1 aliphatic rings. The minimum Gasteiger partial charge on any atom is -0.385 e. The summed E-state index contributed by atoms with van der Waals surface area (Å²) in [6, 6.07) is 7.60. The minimum absolute atomic E-state index is 0.0113. The van der Waals surface area contributed by atoms with Gasteiger partial charge < -0.3 is 15.0 Å². The van der Waals surface area contributed by atoms with E-state index < -0.39 is 0 Å². The average molecular weight is 369 g/mol. The van der Waals surface area contributed by atoms with Gasteiger partial charge in [-0.2, -0.15) is 0 Å². The van der Waals surface area contributed by atoms with Gasteiger partial charge in [0.25, 0.3) is 0 Å². The van der Waals surface area contributed by atoms with Crippen molar-refractivity contribution in [1.29, 1.82) is 0 Å². The van der Waals surface area contributed by atoms with Crippen LogP contribution in [0, 0.1) is 5.92 Å². The zero-order valence-electron chi connectivity index (χ0n) is 12.8. The molecule has 1 aromatic carbocycles. The van der Waals surface area contributed by atoms with Crippen LogP contribution in [0.2, 0.25) is 0 Å². The van der Waals surface area contributed by atoms with Gasteiger partial charge in [-0.25, -0.2) is 0 Å². The van der Waals surface area contributed by atoms with E-state index in [1.807, 2.05) is 31.2 Å². The number of halogens is 1. The van der Waals surface area contributed by atoms with Crippen molar-refractivity contribution in [2.75, 3.05) is 25.2 Å². The molecule has 2 unspecified atom stereocenters. The molecule has 1 aliphatic heterocycles. The van der Waals surface area contributed by atoms with Gasteiger partial charge in [0.2, 0.25) is 11.8 Å². The van der Waals surface area contributed by atoms with Crippen LogP contribution in [0.25, 0.3) is 0 Å². The van der Waals surface area contributed by atoms with Crippen molar-refractivity contribution in [2.45, 2.75) is 25.8 Å². The number of anilines is 1. The fourth-order valence-corrected chi connectivity index (χ4v) is 2.89. The quantitative estimate of drug-likeness (QED) is 0.838. The Bertz CT molecular complexity index is 550. The molecule has 0 radical (unpaired) electrons. The third kappa shape index (κ3) is 4.30. The normalized spacial score (nSPS) is 19.3. The Labute approximate surface area is 139 Å². The number of methoxy groups -OCH3 is 1. The molecule has 2 rings (SSSR count). The van der Waals surface area contributed by atoms with Crippen molar-refractivity contribution >= 4 is 33.4 Å². The van der Waals surface area contributed by atoms with Crippen LogP contribution in [-0.2, 0) is 14.3 Å². The number of amides is 2. The number of hydrogen-bond donors (Lipinski definition) is 1. The second-order valence-corrected chi connectivity index (χ2v) is 6.49. The fraction of sp³-hybridized carbons (Fsp3) is 0.500. The second kappa shape index (κ2) is 7.74.